The molecule has 11 heteroatoms. The molecule has 4 rings (SSSR count). The van der Waals surface area contributed by atoms with Crippen LogP contribution in [-0.4, -0.2) is 38.2 Å². The van der Waals surface area contributed by atoms with E-state index in [1.165, 1.54) is 12.1 Å². The van der Waals surface area contributed by atoms with Crippen molar-refractivity contribution in [2.24, 2.45) is 0 Å². The minimum absolute atomic E-state index is 0. The molecule has 2 heterocycles. The summed E-state index contributed by atoms with van der Waals surface area (Å²) in [5.74, 6) is 0. The normalized spacial score (nSPS) is 11.1. The Balaban J connectivity index is 0.000000267. The SMILES string of the molecule is CN(C)c1ccnc(-c2[c-]ccc(C(F)(F)F)c2)c1.CN(C)c1ccnc(-c2[c-]ccc(C(F)(F)F)c2)c1.[Pt+2]. The molecule has 0 saturated carbocycles. The summed E-state index contributed by atoms with van der Waals surface area (Å²) in [6, 6.07) is 19.2. The average molecular weight is 726 g/mol. The summed E-state index contributed by atoms with van der Waals surface area (Å²) in [5.41, 5.74) is 1.95. The molecule has 2 aromatic carbocycles. The van der Waals surface area contributed by atoms with Crippen molar-refractivity contribution in [3.05, 3.63) is 96.3 Å². The van der Waals surface area contributed by atoms with Crippen LogP contribution in [0.15, 0.2) is 73.1 Å². The standard InChI is InChI=1S/2C14H12F3N2.Pt/c2*1-19(2)12-6-7-18-13(9-12)10-4-3-5-11(8-10)14(15,16)17;/h2*3,5-9H,1-2H3;/q2*-1;+2. The number of pyridine rings is 2. The van der Waals surface area contributed by atoms with Gasteiger partial charge >= 0.3 is 33.4 Å². The number of hydrogen-bond donors (Lipinski definition) is 0. The van der Waals surface area contributed by atoms with E-state index in [0.29, 0.717) is 22.5 Å². The van der Waals surface area contributed by atoms with Crippen LogP contribution in [0.1, 0.15) is 11.1 Å². The van der Waals surface area contributed by atoms with Gasteiger partial charge in [-0.1, -0.05) is 12.1 Å². The first-order valence-corrected chi connectivity index (χ1v) is 11.2. The van der Waals surface area contributed by atoms with Crippen molar-refractivity contribution < 1.29 is 47.4 Å². The Hall–Kier alpha value is -3.39. The van der Waals surface area contributed by atoms with E-state index < -0.39 is 23.5 Å². The summed E-state index contributed by atoms with van der Waals surface area (Å²) in [6.45, 7) is 0. The van der Waals surface area contributed by atoms with Crippen LogP contribution >= 0.6 is 0 Å². The van der Waals surface area contributed by atoms with Gasteiger partial charge < -0.3 is 19.8 Å². The Morgan fingerprint density at radius 2 is 0.949 bits per heavy atom. The molecule has 0 bridgehead atoms. The fourth-order valence-electron chi connectivity index (χ4n) is 3.27. The number of alkyl halides is 6. The first-order valence-electron chi connectivity index (χ1n) is 11.2. The zero-order valence-electron chi connectivity index (χ0n) is 21.3. The first kappa shape index (κ1) is 31.8. The molecule has 2 aromatic heterocycles. The quantitative estimate of drug-likeness (QED) is 0.164. The van der Waals surface area contributed by atoms with Gasteiger partial charge in [-0.05, 0) is 34.6 Å². The van der Waals surface area contributed by atoms with Gasteiger partial charge in [0.2, 0.25) is 0 Å². The molecule has 0 atom stereocenters. The van der Waals surface area contributed by atoms with Gasteiger partial charge in [0.15, 0.2) is 0 Å². The summed E-state index contributed by atoms with van der Waals surface area (Å²) in [7, 11) is 7.42. The molecule has 39 heavy (non-hydrogen) atoms. The van der Waals surface area contributed by atoms with Gasteiger partial charge in [-0.15, -0.1) is 59.7 Å². The second-order valence-corrected chi connectivity index (χ2v) is 8.56. The van der Waals surface area contributed by atoms with Gasteiger partial charge in [0.1, 0.15) is 0 Å². The molecule has 208 valence electrons. The van der Waals surface area contributed by atoms with Crippen LogP contribution in [0.25, 0.3) is 22.5 Å². The molecule has 0 aliphatic rings. The fourth-order valence-corrected chi connectivity index (χ4v) is 3.27. The van der Waals surface area contributed by atoms with Gasteiger partial charge in [-0.3, -0.25) is 0 Å². The maximum absolute atomic E-state index is 12.6. The van der Waals surface area contributed by atoms with E-state index in [1.54, 1.807) is 36.7 Å². The molecule has 0 saturated heterocycles. The molecular formula is C28H24F6N4Pt. The van der Waals surface area contributed by atoms with Gasteiger partial charge in [-0.2, -0.15) is 26.3 Å². The van der Waals surface area contributed by atoms with Gasteiger partial charge in [0.05, 0.1) is 0 Å². The second-order valence-electron chi connectivity index (χ2n) is 8.56. The smallest absolute Gasteiger partial charge is 0.378 e. The number of aromatic nitrogens is 2. The molecular weight excluding hydrogens is 701 g/mol. The van der Waals surface area contributed by atoms with E-state index in [-0.39, 0.29) is 21.1 Å². The third kappa shape index (κ3) is 8.82. The Morgan fingerprint density at radius 3 is 1.26 bits per heavy atom. The van der Waals surface area contributed by atoms with E-state index in [4.69, 9.17) is 0 Å². The minimum Gasteiger partial charge on any atom is -0.378 e. The zero-order valence-corrected chi connectivity index (χ0v) is 23.6. The van der Waals surface area contributed by atoms with E-state index in [1.807, 2.05) is 38.0 Å². The predicted octanol–water partition coefficient (Wildman–Crippen LogP) is 7.26. The van der Waals surface area contributed by atoms with E-state index >= 15 is 0 Å². The number of halogens is 6. The monoisotopic (exact) mass is 725 g/mol. The summed E-state index contributed by atoms with van der Waals surface area (Å²) in [6.07, 6.45) is -5.58. The van der Waals surface area contributed by atoms with E-state index in [9.17, 15) is 26.3 Å². The molecule has 4 aromatic rings. The summed E-state index contributed by atoms with van der Waals surface area (Å²) >= 11 is 0. The average Bonchev–Trinajstić information content (AvgIpc) is 2.88. The van der Waals surface area contributed by atoms with Crippen molar-refractivity contribution in [3.8, 4) is 22.5 Å². The van der Waals surface area contributed by atoms with Crippen LogP contribution in [0, 0.1) is 12.1 Å². The number of benzene rings is 2. The van der Waals surface area contributed by atoms with Gasteiger partial charge in [0, 0.05) is 52.0 Å². The van der Waals surface area contributed by atoms with E-state index in [2.05, 4.69) is 22.1 Å². The molecule has 0 radical (unpaired) electrons. The van der Waals surface area contributed by atoms with Crippen molar-refractivity contribution in [2.45, 2.75) is 12.4 Å². The molecule has 0 fully saturated rings. The van der Waals surface area contributed by atoms with Gasteiger partial charge in [-0.25, -0.2) is 0 Å². The largest absolute Gasteiger partial charge is 2.00 e. The molecule has 0 N–H and O–H groups in total. The molecule has 4 nitrogen and oxygen atoms in total. The Labute approximate surface area is 237 Å². The van der Waals surface area contributed by atoms with Crippen molar-refractivity contribution >= 4 is 11.4 Å². The number of rotatable bonds is 4. The Morgan fingerprint density at radius 1 is 0.590 bits per heavy atom. The number of anilines is 2. The summed E-state index contributed by atoms with van der Waals surface area (Å²) in [5, 5.41) is 0. The van der Waals surface area contributed by atoms with E-state index in [0.717, 1.165) is 35.6 Å². The first-order chi connectivity index (χ1) is 17.8. The number of hydrogen-bond acceptors (Lipinski definition) is 4. The van der Waals surface area contributed by atoms with Crippen molar-refractivity contribution in [1.82, 2.24) is 9.97 Å². The van der Waals surface area contributed by atoms with Crippen LogP contribution in [0.2, 0.25) is 0 Å². The Bertz CT molecular complexity index is 1270. The maximum atomic E-state index is 12.6. The minimum atomic E-state index is -4.36. The topological polar surface area (TPSA) is 32.3 Å². The number of nitrogens with zero attached hydrogens (tertiary/aromatic N) is 4. The Kier molecular flexibility index (Phi) is 10.7. The molecule has 0 amide bonds. The third-order valence-corrected chi connectivity index (χ3v) is 5.33. The van der Waals surface area contributed by atoms with Gasteiger partial charge in [0.25, 0.3) is 0 Å². The summed E-state index contributed by atoms with van der Waals surface area (Å²) in [4.78, 5) is 11.9. The van der Waals surface area contributed by atoms with Crippen LogP contribution in [-0.2, 0) is 33.4 Å². The summed E-state index contributed by atoms with van der Waals surface area (Å²) < 4.78 is 75.9. The maximum Gasteiger partial charge on any atom is 2.00 e. The fraction of sp³-hybridized carbons (Fsp3) is 0.214. The second kappa shape index (κ2) is 13.1. The molecule has 0 aliphatic heterocycles. The van der Waals surface area contributed by atoms with Crippen LogP contribution < -0.4 is 9.80 Å². The molecule has 0 aliphatic carbocycles. The van der Waals surface area contributed by atoms with Crippen molar-refractivity contribution in [2.75, 3.05) is 38.0 Å². The van der Waals surface area contributed by atoms with Crippen LogP contribution in [0.3, 0.4) is 0 Å². The molecule has 0 unspecified atom stereocenters. The van der Waals surface area contributed by atoms with Crippen LogP contribution in [0.5, 0.6) is 0 Å². The molecule has 0 spiro atoms. The van der Waals surface area contributed by atoms with Crippen molar-refractivity contribution in [3.63, 3.8) is 0 Å². The van der Waals surface area contributed by atoms with Crippen molar-refractivity contribution in [1.29, 1.82) is 0 Å². The zero-order chi connectivity index (χ0) is 28.1. The van der Waals surface area contributed by atoms with Crippen LogP contribution in [0.4, 0.5) is 37.7 Å². The predicted molar refractivity (Wildman–Crippen MR) is 136 cm³/mol. The third-order valence-electron chi connectivity index (χ3n) is 5.33.